The van der Waals surface area contributed by atoms with E-state index in [1.165, 1.54) is 7.11 Å². The van der Waals surface area contributed by atoms with Gasteiger partial charge in [-0.15, -0.1) is 0 Å². The first-order valence-corrected chi connectivity index (χ1v) is 5.27. The number of esters is 2. The maximum Gasteiger partial charge on any atom is 0.416 e. The van der Waals surface area contributed by atoms with Crippen LogP contribution in [0.15, 0.2) is 24.3 Å². The number of rotatable bonds is 4. The summed E-state index contributed by atoms with van der Waals surface area (Å²) in [5.41, 5.74) is -0.832. The Hall–Kier alpha value is -2.05. The lowest BCUT2D eigenvalue weighted by molar-refractivity contribution is -0.144. The normalized spacial score (nSPS) is 10.9. The van der Waals surface area contributed by atoms with Crippen molar-refractivity contribution in [1.82, 2.24) is 0 Å². The summed E-state index contributed by atoms with van der Waals surface area (Å²) in [7, 11) is 1.18. The topological polar surface area (TPSA) is 52.6 Å². The molecule has 0 aromatic heterocycles. The Morgan fingerprint density at radius 3 is 2.05 bits per heavy atom. The van der Waals surface area contributed by atoms with Crippen molar-refractivity contribution in [2.75, 3.05) is 7.11 Å². The molecule has 7 heteroatoms. The van der Waals surface area contributed by atoms with E-state index in [2.05, 4.69) is 4.74 Å². The van der Waals surface area contributed by atoms with Crippen LogP contribution in [0.4, 0.5) is 13.2 Å². The first-order chi connectivity index (χ1) is 8.82. The molecular formula is C12H11F3O4. The number of methoxy groups -OCH3 is 1. The zero-order chi connectivity index (χ0) is 14.5. The zero-order valence-corrected chi connectivity index (χ0v) is 9.99. The van der Waals surface area contributed by atoms with E-state index in [1.54, 1.807) is 0 Å². The number of hydrogen-bond donors (Lipinski definition) is 0. The van der Waals surface area contributed by atoms with Crippen molar-refractivity contribution in [3.8, 4) is 5.75 Å². The Labute approximate surface area is 107 Å². The highest BCUT2D eigenvalue weighted by atomic mass is 19.4. The summed E-state index contributed by atoms with van der Waals surface area (Å²) >= 11 is 0. The van der Waals surface area contributed by atoms with E-state index in [0.717, 1.165) is 24.3 Å². The van der Waals surface area contributed by atoms with Gasteiger partial charge in [0, 0.05) is 0 Å². The second kappa shape index (κ2) is 6.21. The van der Waals surface area contributed by atoms with Gasteiger partial charge in [-0.25, -0.2) is 0 Å². The molecule has 0 aliphatic carbocycles. The van der Waals surface area contributed by atoms with Crippen molar-refractivity contribution >= 4 is 11.9 Å². The molecule has 4 nitrogen and oxygen atoms in total. The fraction of sp³-hybridized carbons (Fsp3) is 0.333. The number of carbonyl (C=O) groups is 2. The summed E-state index contributed by atoms with van der Waals surface area (Å²) in [4.78, 5) is 22.0. The summed E-state index contributed by atoms with van der Waals surface area (Å²) in [6, 6.07) is 3.70. The van der Waals surface area contributed by atoms with Crippen LogP contribution in [0.25, 0.3) is 0 Å². The molecule has 19 heavy (non-hydrogen) atoms. The molecule has 0 N–H and O–H groups in total. The van der Waals surface area contributed by atoms with Crippen LogP contribution in [-0.4, -0.2) is 19.0 Å². The van der Waals surface area contributed by atoms with E-state index in [-0.39, 0.29) is 18.6 Å². The van der Waals surface area contributed by atoms with E-state index < -0.39 is 23.7 Å². The predicted molar refractivity (Wildman–Crippen MR) is 58.3 cm³/mol. The molecule has 1 aromatic rings. The van der Waals surface area contributed by atoms with Gasteiger partial charge in [0.1, 0.15) is 5.75 Å². The molecule has 0 heterocycles. The highest BCUT2D eigenvalue weighted by Crippen LogP contribution is 2.30. The van der Waals surface area contributed by atoms with Gasteiger partial charge in [0.05, 0.1) is 25.5 Å². The molecule has 0 unspecified atom stereocenters. The third-order valence-corrected chi connectivity index (χ3v) is 2.17. The number of alkyl halides is 3. The number of hydrogen-bond acceptors (Lipinski definition) is 4. The molecule has 0 bridgehead atoms. The molecule has 0 amide bonds. The van der Waals surface area contributed by atoms with E-state index in [4.69, 9.17) is 4.74 Å². The van der Waals surface area contributed by atoms with Gasteiger partial charge in [-0.3, -0.25) is 9.59 Å². The van der Waals surface area contributed by atoms with Gasteiger partial charge in [0.15, 0.2) is 0 Å². The zero-order valence-electron chi connectivity index (χ0n) is 9.99. The van der Waals surface area contributed by atoms with Crippen LogP contribution in [0.5, 0.6) is 5.75 Å². The summed E-state index contributed by atoms with van der Waals surface area (Å²) in [6.45, 7) is 0. The first kappa shape index (κ1) is 15.0. The molecule has 0 fully saturated rings. The quantitative estimate of drug-likeness (QED) is 0.626. The van der Waals surface area contributed by atoms with E-state index >= 15 is 0 Å². The second-order valence-corrected chi connectivity index (χ2v) is 3.57. The van der Waals surface area contributed by atoms with Gasteiger partial charge in [-0.2, -0.15) is 13.2 Å². The Morgan fingerprint density at radius 1 is 1.05 bits per heavy atom. The maximum atomic E-state index is 12.3. The van der Waals surface area contributed by atoms with Gasteiger partial charge in [-0.05, 0) is 24.3 Å². The van der Waals surface area contributed by atoms with Crippen molar-refractivity contribution < 1.29 is 32.2 Å². The molecule has 0 radical (unpaired) electrons. The van der Waals surface area contributed by atoms with Crippen LogP contribution in [0.1, 0.15) is 18.4 Å². The second-order valence-electron chi connectivity index (χ2n) is 3.57. The van der Waals surface area contributed by atoms with Gasteiger partial charge in [0.25, 0.3) is 0 Å². The summed E-state index contributed by atoms with van der Waals surface area (Å²) < 4.78 is 45.9. The lowest BCUT2D eigenvalue weighted by atomic mass is 10.2. The standard InChI is InChI=1S/C12H11F3O4/c1-18-10(16)6-7-11(17)19-9-4-2-8(3-5-9)12(13,14)15/h2-5H,6-7H2,1H3. The fourth-order valence-electron chi connectivity index (χ4n) is 1.20. The van der Waals surface area contributed by atoms with Crippen LogP contribution >= 0.6 is 0 Å². The molecule has 0 saturated heterocycles. The van der Waals surface area contributed by atoms with E-state index in [0.29, 0.717) is 0 Å². The summed E-state index contributed by atoms with van der Waals surface area (Å²) in [5.74, 6) is -1.29. The molecular weight excluding hydrogens is 265 g/mol. The third-order valence-electron chi connectivity index (χ3n) is 2.17. The minimum atomic E-state index is -4.44. The summed E-state index contributed by atoms with van der Waals surface area (Å²) in [5, 5.41) is 0. The molecule has 1 rings (SSSR count). The van der Waals surface area contributed by atoms with E-state index in [9.17, 15) is 22.8 Å². The molecule has 0 atom stereocenters. The lowest BCUT2D eigenvalue weighted by Gasteiger charge is -2.08. The van der Waals surface area contributed by atoms with Crippen molar-refractivity contribution in [3.05, 3.63) is 29.8 Å². The maximum absolute atomic E-state index is 12.3. The minimum absolute atomic E-state index is 0.0112. The molecule has 0 aliphatic heterocycles. The largest absolute Gasteiger partial charge is 0.469 e. The Bertz CT molecular complexity index is 451. The van der Waals surface area contributed by atoms with Crippen LogP contribution in [-0.2, 0) is 20.5 Å². The number of benzene rings is 1. The third kappa shape index (κ3) is 4.99. The van der Waals surface area contributed by atoms with Crippen molar-refractivity contribution in [2.24, 2.45) is 0 Å². The molecule has 0 saturated carbocycles. The first-order valence-electron chi connectivity index (χ1n) is 5.27. The number of halogens is 3. The van der Waals surface area contributed by atoms with Gasteiger partial charge in [-0.1, -0.05) is 0 Å². The number of carbonyl (C=O) groups excluding carboxylic acids is 2. The summed E-state index contributed by atoms with van der Waals surface area (Å²) in [6.07, 6.45) is -4.78. The van der Waals surface area contributed by atoms with Crippen molar-refractivity contribution in [3.63, 3.8) is 0 Å². The van der Waals surface area contributed by atoms with Crippen molar-refractivity contribution in [1.29, 1.82) is 0 Å². The average Bonchev–Trinajstić information content (AvgIpc) is 2.35. The minimum Gasteiger partial charge on any atom is -0.469 e. The van der Waals surface area contributed by atoms with E-state index in [1.807, 2.05) is 0 Å². The lowest BCUT2D eigenvalue weighted by Crippen LogP contribution is -2.11. The Balaban J connectivity index is 2.54. The Morgan fingerprint density at radius 2 is 1.58 bits per heavy atom. The monoisotopic (exact) mass is 276 g/mol. The molecule has 104 valence electrons. The van der Waals surface area contributed by atoms with Crippen LogP contribution in [0.3, 0.4) is 0 Å². The van der Waals surface area contributed by atoms with Gasteiger partial charge < -0.3 is 9.47 Å². The Kier molecular flexibility index (Phi) is 4.91. The highest BCUT2D eigenvalue weighted by molar-refractivity contribution is 5.78. The highest BCUT2D eigenvalue weighted by Gasteiger charge is 2.30. The predicted octanol–water partition coefficient (Wildman–Crippen LogP) is 2.56. The van der Waals surface area contributed by atoms with Crippen LogP contribution in [0, 0.1) is 0 Å². The average molecular weight is 276 g/mol. The SMILES string of the molecule is COC(=O)CCC(=O)Oc1ccc(C(F)(F)F)cc1. The van der Waals surface area contributed by atoms with Crippen LogP contribution in [0.2, 0.25) is 0 Å². The van der Waals surface area contributed by atoms with Crippen molar-refractivity contribution in [2.45, 2.75) is 19.0 Å². The number of ether oxygens (including phenoxy) is 2. The molecule has 0 spiro atoms. The van der Waals surface area contributed by atoms with Gasteiger partial charge >= 0.3 is 18.1 Å². The smallest absolute Gasteiger partial charge is 0.416 e. The molecule has 0 aliphatic rings. The molecule has 1 aromatic carbocycles. The van der Waals surface area contributed by atoms with Gasteiger partial charge in [0.2, 0.25) is 0 Å². The fourth-order valence-corrected chi connectivity index (χ4v) is 1.20. The van der Waals surface area contributed by atoms with Crippen LogP contribution < -0.4 is 4.74 Å².